The van der Waals surface area contributed by atoms with Crippen LogP contribution in [0.25, 0.3) is 0 Å². The number of hydrogen-bond acceptors (Lipinski definition) is 8. The Labute approximate surface area is 117 Å². The van der Waals surface area contributed by atoms with Crippen molar-refractivity contribution in [3.63, 3.8) is 0 Å². The van der Waals surface area contributed by atoms with E-state index in [1.54, 1.807) is 0 Å². The fraction of sp³-hybridized carbons (Fsp3) is 0.0909. The van der Waals surface area contributed by atoms with Gasteiger partial charge < -0.3 is 5.11 Å². The summed E-state index contributed by atoms with van der Waals surface area (Å²) in [5, 5.41) is 31.0. The van der Waals surface area contributed by atoms with Gasteiger partial charge in [-0.2, -0.15) is 5.10 Å². The van der Waals surface area contributed by atoms with Crippen LogP contribution in [0.1, 0.15) is 11.3 Å². The van der Waals surface area contributed by atoms with E-state index in [0.717, 1.165) is 6.07 Å². The molecule has 0 fully saturated rings. The van der Waals surface area contributed by atoms with E-state index in [2.05, 4.69) is 25.7 Å². The zero-order valence-corrected chi connectivity index (χ0v) is 10.8. The summed E-state index contributed by atoms with van der Waals surface area (Å²) in [5.74, 6) is -0.394. The Kier molecular flexibility index (Phi) is 3.88. The van der Waals surface area contributed by atoms with Crippen molar-refractivity contribution in [2.24, 2.45) is 5.10 Å². The first-order valence-corrected chi connectivity index (χ1v) is 5.67. The van der Waals surface area contributed by atoms with Gasteiger partial charge in [0.05, 0.1) is 11.1 Å². The second-order valence-corrected chi connectivity index (χ2v) is 3.96. The third-order valence-electron chi connectivity index (χ3n) is 2.44. The zero-order chi connectivity index (χ0) is 15.4. The van der Waals surface area contributed by atoms with E-state index in [-0.39, 0.29) is 11.6 Å². The van der Waals surface area contributed by atoms with Gasteiger partial charge in [-0.05, 0) is 19.1 Å². The molecular weight excluding hydrogens is 280 g/mol. The SMILES string of the molecule is Cc1nnc(N/N=C/c2ccc(O)c([N+](=O)[O-])c2)[nH]c1=O. The third kappa shape index (κ3) is 3.37. The summed E-state index contributed by atoms with van der Waals surface area (Å²) >= 11 is 0. The number of nitrogens with one attached hydrogen (secondary N) is 2. The average molecular weight is 290 g/mol. The molecule has 0 saturated heterocycles. The fourth-order valence-electron chi connectivity index (χ4n) is 1.38. The van der Waals surface area contributed by atoms with Crippen LogP contribution >= 0.6 is 0 Å². The molecule has 0 aliphatic carbocycles. The molecule has 0 aliphatic rings. The van der Waals surface area contributed by atoms with Gasteiger partial charge in [0.25, 0.3) is 5.56 Å². The molecule has 10 nitrogen and oxygen atoms in total. The molecule has 108 valence electrons. The number of phenolic OH excluding ortho intramolecular Hbond substituents is 1. The van der Waals surface area contributed by atoms with Gasteiger partial charge in [-0.3, -0.25) is 19.9 Å². The predicted molar refractivity (Wildman–Crippen MR) is 73.4 cm³/mol. The summed E-state index contributed by atoms with van der Waals surface area (Å²) in [6, 6.07) is 3.79. The second kappa shape index (κ2) is 5.77. The van der Waals surface area contributed by atoms with Gasteiger partial charge in [-0.1, -0.05) is 0 Å². The van der Waals surface area contributed by atoms with E-state index in [1.165, 1.54) is 25.3 Å². The second-order valence-electron chi connectivity index (χ2n) is 3.96. The van der Waals surface area contributed by atoms with Crippen molar-refractivity contribution in [3.05, 3.63) is 49.9 Å². The van der Waals surface area contributed by atoms with Gasteiger partial charge >= 0.3 is 5.69 Å². The maximum absolute atomic E-state index is 11.3. The number of phenols is 1. The molecular formula is C11H10N6O4. The van der Waals surface area contributed by atoms with Gasteiger partial charge in [0.15, 0.2) is 5.75 Å². The third-order valence-corrected chi connectivity index (χ3v) is 2.44. The van der Waals surface area contributed by atoms with Crippen molar-refractivity contribution < 1.29 is 10.0 Å². The van der Waals surface area contributed by atoms with Crippen molar-refractivity contribution in [1.82, 2.24) is 15.2 Å². The monoisotopic (exact) mass is 290 g/mol. The minimum atomic E-state index is -0.705. The Hall–Kier alpha value is -3.30. The van der Waals surface area contributed by atoms with Crippen molar-refractivity contribution in [3.8, 4) is 5.75 Å². The topological polar surface area (TPSA) is 146 Å². The Morgan fingerprint density at radius 1 is 1.48 bits per heavy atom. The maximum atomic E-state index is 11.3. The number of rotatable bonds is 4. The van der Waals surface area contributed by atoms with E-state index in [4.69, 9.17) is 0 Å². The van der Waals surface area contributed by atoms with E-state index in [1.807, 2.05) is 0 Å². The minimum absolute atomic E-state index is 0.0372. The van der Waals surface area contributed by atoms with Crippen LogP contribution in [-0.2, 0) is 0 Å². The smallest absolute Gasteiger partial charge is 0.311 e. The van der Waals surface area contributed by atoms with Crippen LogP contribution in [0.2, 0.25) is 0 Å². The molecule has 0 saturated carbocycles. The molecule has 3 N–H and O–H groups in total. The number of hydrogen-bond donors (Lipinski definition) is 3. The quantitative estimate of drug-likeness (QED) is 0.422. The van der Waals surface area contributed by atoms with Gasteiger partial charge in [-0.15, -0.1) is 10.2 Å². The summed E-state index contributed by atoms with van der Waals surface area (Å²) in [7, 11) is 0. The first-order chi connectivity index (χ1) is 9.97. The maximum Gasteiger partial charge on any atom is 0.311 e. The number of anilines is 1. The number of aryl methyl sites for hydroxylation is 1. The molecule has 21 heavy (non-hydrogen) atoms. The molecule has 1 heterocycles. The zero-order valence-electron chi connectivity index (χ0n) is 10.8. The highest BCUT2D eigenvalue weighted by Gasteiger charge is 2.12. The average Bonchev–Trinajstić information content (AvgIpc) is 2.44. The molecule has 1 aromatic heterocycles. The van der Waals surface area contributed by atoms with Crippen molar-refractivity contribution in [1.29, 1.82) is 0 Å². The first-order valence-electron chi connectivity index (χ1n) is 5.67. The molecule has 0 radical (unpaired) electrons. The summed E-state index contributed by atoms with van der Waals surface area (Å²) in [6.07, 6.45) is 1.27. The molecule has 0 bridgehead atoms. The molecule has 2 rings (SSSR count). The van der Waals surface area contributed by atoms with Gasteiger partial charge in [-0.25, -0.2) is 5.43 Å². The molecule has 2 aromatic rings. The molecule has 0 spiro atoms. The number of benzene rings is 1. The molecule has 10 heteroatoms. The number of aromatic hydroxyl groups is 1. The first kappa shape index (κ1) is 14.1. The number of nitrogens with zero attached hydrogens (tertiary/aromatic N) is 4. The summed E-state index contributed by atoms with van der Waals surface area (Å²) in [6.45, 7) is 1.51. The fourth-order valence-corrected chi connectivity index (χ4v) is 1.38. The normalized spacial score (nSPS) is 10.7. The molecule has 0 amide bonds. The van der Waals surface area contributed by atoms with Gasteiger partial charge in [0.1, 0.15) is 5.69 Å². The molecule has 0 atom stereocenters. The van der Waals surface area contributed by atoms with Crippen molar-refractivity contribution in [2.75, 3.05) is 5.43 Å². The summed E-state index contributed by atoms with van der Waals surface area (Å²) < 4.78 is 0. The molecule has 1 aromatic carbocycles. The van der Waals surface area contributed by atoms with Crippen molar-refractivity contribution >= 4 is 17.9 Å². The number of hydrazone groups is 1. The summed E-state index contributed by atoms with van der Waals surface area (Å²) in [5.41, 5.74) is 2.21. The Bertz CT molecular complexity index is 770. The van der Waals surface area contributed by atoms with Crippen LogP contribution in [0.5, 0.6) is 5.75 Å². The van der Waals surface area contributed by atoms with Gasteiger partial charge in [0.2, 0.25) is 5.95 Å². The highest BCUT2D eigenvalue weighted by atomic mass is 16.6. The lowest BCUT2D eigenvalue weighted by Gasteiger charge is -1.99. The van der Waals surface area contributed by atoms with Crippen LogP contribution in [-0.4, -0.2) is 31.4 Å². The highest BCUT2D eigenvalue weighted by molar-refractivity contribution is 5.81. The van der Waals surface area contributed by atoms with Crippen LogP contribution < -0.4 is 11.0 Å². The molecule has 0 unspecified atom stereocenters. The predicted octanol–water partition coefficient (Wildman–Crippen LogP) is 0.533. The number of aromatic nitrogens is 3. The van der Waals surface area contributed by atoms with E-state index >= 15 is 0 Å². The lowest BCUT2D eigenvalue weighted by atomic mass is 10.2. The number of nitro benzene ring substituents is 1. The Morgan fingerprint density at radius 2 is 2.24 bits per heavy atom. The number of H-pyrrole nitrogens is 1. The Balaban J connectivity index is 2.14. The van der Waals surface area contributed by atoms with Crippen molar-refractivity contribution in [2.45, 2.75) is 6.92 Å². The van der Waals surface area contributed by atoms with E-state index in [0.29, 0.717) is 5.56 Å². The Morgan fingerprint density at radius 3 is 2.90 bits per heavy atom. The summed E-state index contributed by atoms with van der Waals surface area (Å²) in [4.78, 5) is 23.6. The van der Waals surface area contributed by atoms with Crippen LogP contribution in [0.15, 0.2) is 28.1 Å². The van der Waals surface area contributed by atoms with Crippen LogP contribution in [0, 0.1) is 17.0 Å². The highest BCUT2D eigenvalue weighted by Crippen LogP contribution is 2.25. The number of aromatic amines is 1. The van der Waals surface area contributed by atoms with Gasteiger partial charge in [0, 0.05) is 11.6 Å². The molecule has 0 aliphatic heterocycles. The van der Waals surface area contributed by atoms with E-state index in [9.17, 15) is 20.0 Å². The largest absolute Gasteiger partial charge is 0.502 e. The number of nitro groups is 1. The van der Waals surface area contributed by atoms with E-state index < -0.39 is 21.9 Å². The standard InChI is InChI=1S/C11H10N6O4/c1-6-10(19)13-11(16-14-6)15-12-5-7-2-3-9(18)8(4-7)17(20)21/h2-5,18H,1H3,(H2,13,15,16,19)/b12-5+. The minimum Gasteiger partial charge on any atom is -0.502 e. The lowest BCUT2D eigenvalue weighted by Crippen LogP contribution is -2.15. The van der Waals surface area contributed by atoms with Crippen LogP contribution in [0.4, 0.5) is 11.6 Å². The lowest BCUT2D eigenvalue weighted by molar-refractivity contribution is -0.385. The van der Waals surface area contributed by atoms with Crippen LogP contribution in [0.3, 0.4) is 0 Å².